The van der Waals surface area contributed by atoms with Gasteiger partial charge in [-0.05, 0) is 32.6 Å². The zero-order valence-electron chi connectivity index (χ0n) is 19.0. The van der Waals surface area contributed by atoms with E-state index in [9.17, 15) is 43.4 Å². The molecule has 5 rings (SSSR count). The van der Waals surface area contributed by atoms with Crippen LogP contribution in [0, 0.1) is 0 Å². The van der Waals surface area contributed by atoms with Crippen LogP contribution in [0.15, 0.2) is 78.9 Å². The van der Waals surface area contributed by atoms with E-state index < -0.39 is 41.9 Å². The smallest absolute Gasteiger partial charge is 0.309 e. The molecule has 0 radical (unpaired) electrons. The van der Waals surface area contributed by atoms with Crippen molar-refractivity contribution in [1.82, 2.24) is 4.57 Å². The molecule has 0 fully saturated rings. The Bertz CT molecular complexity index is 1880. The average molecular weight is 589 g/mol. The summed E-state index contributed by atoms with van der Waals surface area (Å²) in [6, 6.07) is 16.4. The third-order valence-electron chi connectivity index (χ3n) is 6.24. The normalized spacial score (nSPS) is 13.5. The van der Waals surface area contributed by atoms with Crippen LogP contribution in [0.25, 0.3) is 38.3 Å². The van der Waals surface area contributed by atoms with E-state index >= 15 is 0 Å². The van der Waals surface area contributed by atoms with E-state index in [-0.39, 0.29) is 27.5 Å². The molecule has 0 aliphatic heterocycles. The lowest BCUT2D eigenvalue weighted by Gasteiger charge is -2.16. The maximum absolute atomic E-state index is 14.7. The van der Waals surface area contributed by atoms with E-state index in [1.807, 2.05) is 0 Å². The van der Waals surface area contributed by atoms with E-state index in [2.05, 4.69) is 8.78 Å². The first-order valence-corrected chi connectivity index (χ1v) is 13.5. The van der Waals surface area contributed by atoms with E-state index in [4.69, 9.17) is 0 Å². The second kappa shape index (κ2) is 8.94. The molecule has 0 saturated carbocycles. The van der Waals surface area contributed by atoms with Crippen molar-refractivity contribution in [2.75, 3.05) is 0 Å². The molecule has 0 spiro atoms. The predicted molar refractivity (Wildman–Crippen MR) is 128 cm³/mol. The molecule has 4 aromatic carbocycles. The summed E-state index contributed by atoms with van der Waals surface area (Å²) >= 11 is 0. The van der Waals surface area contributed by atoms with Gasteiger partial charge in [-0.1, -0.05) is 69.4 Å². The van der Waals surface area contributed by atoms with Crippen molar-refractivity contribution in [3.63, 3.8) is 0 Å². The molecule has 0 unspecified atom stereocenters. The van der Waals surface area contributed by atoms with Gasteiger partial charge in [0.25, 0.3) is 0 Å². The third kappa shape index (κ3) is 3.95. The van der Waals surface area contributed by atoms with Crippen LogP contribution in [0.5, 0.6) is 0 Å². The first kappa shape index (κ1) is 26.9. The second-order valence-corrected chi connectivity index (χ2v) is 11.5. The van der Waals surface area contributed by atoms with Gasteiger partial charge in [0.15, 0.2) is 0 Å². The molecule has 7 nitrogen and oxygen atoms in total. The number of nitrogens with zero attached hydrogens (tertiary/aromatic N) is 1. The molecule has 0 amide bonds. The number of hydrogen-bond donors (Lipinski definition) is 0. The highest BCUT2D eigenvalue weighted by molar-refractivity contribution is 7.87. The molecular formula is C24H13F6NO6S2. The quantitative estimate of drug-likeness (QED) is 0.202. The van der Waals surface area contributed by atoms with Crippen molar-refractivity contribution in [1.29, 1.82) is 0 Å². The summed E-state index contributed by atoms with van der Waals surface area (Å²) in [6.07, 6.45) is 0. The number of rotatable bonds is 7. The van der Waals surface area contributed by atoms with Crippen LogP contribution in [0.1, 0.15) is 11.1 Å². The van der Waals surface area contributed by atoms with Crippen molar-refractivity contribution in [2.45, 2.75) is 10.5 Å². The second-order valence-electron chi connectivity index (χ2n) is 8.37. The molecule has 1 heterocycles. The SMILES string of the molecule is O=S(=O)(OF)C(F)(F)c1ccc2c3ccc(C(F)(F)S(=O)(=O)OF)cc3n(-c3cccc4ccccc34)c2c1. The summed E-state index contributed by atoms with van der Waals surface area (Å²) in [4.78, 5) is 0. The topological polar surface area (TPSA) is 91.7 Å². The van der Waals surface area contributed by atoms with Gasteiger partial charge in [0, 0.05) is 27.3 Å². The van der Waals surface area contributed by atoms with Crippen molar-refractivity contribution < 1.29 is 52.2 Å². The van der Waals surface area contributed by atoms with Crippen molar-refractivity contribution >= 4 is 52.8 Å². The highest BCUT2D eigenvalue weighted by atomic mass is 32.2. The largest absolute Gasteiger partial charge is 0.397 e. The van der Waals surface area contributed by atoms with Crippen LogP contribution < -0.4 is 0 Å². The van der Waals surface area contributed by atoms with Gasteiger partial charge in [-0.15, -0.1) is 0 Å². The fourth-order valence-corrected chi connectivity index (χ4v) is 5.40. The van der Waals surface area contributed by atoms with E-state index in [0.29, 0.717) is 35.0 Å². The average Bonchev–Trinajstić information content (AvgIpc) is 3.25. The predicted octanol–water partition coefficient (Wildman–Crippen LogP) is 6.50. The number of halogens is 6. The number of benzene rings is 4. The molecule has 0 saturated heterocycles. The van der Waals surface area contributed by atoms with Crippen molar-refractivity contribution in [3.8, 4) is 5.69 Å². The Hall–Kier alpha value is -3.66. The summed E-state index contributed by atoms with van der Waals surface area (Å²) in [6.45, 7) is 0. The minimum atomic E-state index is -6.03. The molecule has 0 atom stereocenters. The molecule has 204 valence electrons. The van der Waals surface area contributed by atoms with Gasteiger partial charge in [0.2, 0.25) is 0 Å². The van der Waals surface area contributed by atoms with Gasteiger partial charge < -0.3 is 4.57 Å². The molecule has 0 N–H and O–H groups in total. The summed E-state index contributed by atoms with van der Waals surface area (Å²) in [5.74, 6) is 0. The van der Waals surface area contributed by atoms with Gasteiger partial charge in [-0.2, -0.15) is 34.4 Å². The third-order valence-corrected chi connectivity index (χ3v) is 8.30. The van der Waals surface area contributed by atoms with Gasteiger partial charge in [-0.25, -0.2) is 0 Å². The Morgan fingerprint density at radius 3 is 1.54 bits per heavy atom. The number of fused-ring (bicyclic) bond motifs is 4. The number of alkyl halides is 4. The maximum atomic E-state index is 14.7. The molecule has 39 heavy (non-hydrogen) atoms. The highest BCUT2D eigenvalue weighted by Crippen LogP contribution is 2.43. The fraction of sp³-hybridized carbons (Fsp3) is 0.0833. The first-order chi connectivity index (χ1) is 18.3. The Balaban J connectivity index is 1.93. The van der Waals surface area contributed by atoms with Gasteiger partial charge in [0.1, 0.15) is 0 Å². The lowest BCUT2D eigenvalue weighted by atomic mass is 10.1. The highest BCUT2D eigenvalue weighted by Gasteiger charge is 2.50. The first-order valence-electron chi connectivity index (χ1n) is 10.7. The van der Waals surface area contributed by atoms with E-state index in [1.165, 1.54) is 10.6 Å². The summed E-state index contributed by atoms with van der Waals surface area (Å²) in [7, 11) is -12.1. The van der Waals surface area contributed by atoms with Crippen LogP contribution in [-0.2, 0) is 39.5 Å². The molecule has 15 heteroatoms. The Labute approximate surface area is 215 Å². The summed E-state index contributed by atoms with van der Waals surface area (Å²) in [5.41, 5.74) is -2.40. The molecule has 0 aliphatic rings. The molecular weight excluding hydrogens is 576 g/mol. The molecule has 5 aromatic rings. The fourth-order valence-electron chi connectivity index (χ4n) is 4.41. The Kier molecular flexibility index (Phi) is 6.17. The van der Waals surface area contributed by atoms with Gasteiger partial charge in [-0.3, -0.25) is 0 Å². The van der Waals surface area contributed by atoms with Gasteiger partial charge in [0.05, 0.1) is 16.7 Å². The van der Waals surface area contributed by atoms with Crippen molar-refractivity contribution in [2.24, 2.45) is 0 Å². The van der Waals surface area contributed by atoms with Crippen LogP contribution in [0.4, 0.5) is 26.6 Å². The van der Waals surface area contributed by atoms with Crippen LogP contribution in [-0.4, -0.2) is 21.4 Å². The lowest BCUT2D eigenvalue weighted by Crippen LogP contribution is -2.26. The lowest BCUT2D eigenvalue weighted by molar-refractivity contribution is -0.0289. The maximum Gasteiger partial charge on any atom is 0.397 e. The monoisotopic (exact) mass is 589 g/mol. The number of aromatic nitrogens is 1. The number of hydrogen-bond acceptors (Lipinski definition) is 6. The molecule has 0 aliphatic carbocycles. The summed E-state index contributed by atoms with van der Waals surface area (Å²) < 4.78 is 137. The van der Waals surface area contributed by atoms with E-state index in [1.54, 1.807) is 36.4 Å². The van der Waals surface area contributed by atoms with Crippen LogP contribution in [0.3, 0.4) is 0 Å². The van der Waals surface area contributed by atoms with E-state index in [0.717, 1.165) is 12.1 Å². The van der Waals surface area contributed by atoms with Gasteiger partial charge >= 0.3 is 30.7 Å². The minimum Gasteiger partial charge on any atom is -0.309 e. The summed E-state index contributed by atoms with van der Waals surface area (Å²) in [5, 5.41) is -8.21. The Morgan fingerprint density at radius 1 is 0.590 bits per heavy atom. The zero-order valence-corrected chi connectivity index (χ0v) is 20.6. The van der Waals surface area contributed by atoms with Crippen molar-refractivity contribution in [3.05, 3.63) is 90.0 Å². The minimum absolute atomic E-state index is 0.127. The standard InChI is InChI=1S/C24H13F6NO6S2/c25-23(26,38(32,33)36-29)15-8-10-18-19-11-9-16(24(27,28)39(34,35)37-30)13-22(19)31(21(18)12-15)20-7-3-5-14-4-1-2-6-17(14)20/h1-13H. The molecule has 1 aromatic heterocycles. The zero-order chi connectivity index (χ0) is 28.4. The molecule has 0 bridgehead atoms. The Morgan fingerprint density at radius 2 is 1.05 bits per heavy atom. The van der Waals surface area contributed by atoms with Crippen LogP contribution in [0.2, 0.25) is 0 Å². The van der Waals surface area contributed by atoms with Crippen LogP contribution >= 0.6 is 0 Å².